The molecule has 1 saturated heterocycles. The fourth-order valence-corrected chi connectivity index (χ4v) is 6.06. The number of nitrogens with zero attached hydrogens (tertiary/aromatic N) is 1. The Labute approximate surface area is 263 Å². The molecule has 0 aliphatic carbocycles. The van der Waals surface area contributed by atoms with Crippen LogP contribution in [0, 0.1) is 19.8 Å². The highest BCUT2D eigenvalue weighted by Crippen LogP contribution is 2.25. The van der Waals surface area contributed by atoms with Crippen LogP contribution in [0.5, 0.6) is 0 Å². The van der Waals surface area contributed by atoms with E-state index < -0.39 is 10.1 Å². The van der Waals surface area contributed by atoms with Gasteiger partial charge >= 0.3 is 0 Å². The molecule has 2 atom stereocenters. The molecule has 3 rings (SSSR count). The van der Waals surface area contributed by atoms with Crippen molar-refractivity contribution >= 4 is 10.1 Å². The number of hydrogen-bond donors (Lipinski definition) is 0. The predicted octanol–water partition coefficient (Wildman–Crippen LogP) is 8.47. The van der Waals surface area contributed by atoms with Crippen LogP contribution in [0.4, 0.5) is 0 Å². The van der Waals surface area contributed by atoms with Gasteiger partial charge in [0.2, 0.25) is 0 Å². The van der Waals surface area contributed by atoms with Gasteiger partial charge < -0.3 is 14.0 Å². The highest BCUT2D eigenvalue weighted by Gasteiger charge is 2.25. The molecule has 0 radical (unpaired) electrons. The standard InChI is InChI=1S/C29H52NO2.C7H8O3S/c1-3-4-5-6-7-8-9-10-11-12-13-14-20-28-24-29(32-25-28)26-31-23-18-17-22-30-21-16-15-19-27(30)2;1-6-2-4-7(5-3-6)11(8,9)10/h15-16,19,21,28-29H,3-14,17-18,20,22-26H2,1-2H3;2-5H,1H3,(H,8,9,10)/q+1;/p-1. The maximum Gasteiger partial charge on any atom is 0.178 e. The van der Waals surface area contributed by atoms with Crippen LogP contribution in [0.3, 0.4) is 0 Å². The largest absolute Gasteiger partial charge is 0.744 e. The molecule has 1 aromatic heterocycles. The molecule has 0 spiro atoms. The first kappa shape index (κ1) is 37.4. The van der Waals surface area contributed by atoms with E-state index in [9.17, 15) is 13.0 Å². The minimum atomic E-state index is -4.27. The minimum Gasteiger partial charge on any atom is -0.744 e. The third kappa shape index (κ3) is 17.9. The van der Waals surface area contributed by atoms with Crippen LogP contribution in [0.1, 0.15) is 121 Å². The van der Waals surface area contributed by atoms with Crippen molar-refractivity contribution in [2.75, 3.05) is 19.8 Å². The Morgan fingerprint density at radius 1 is 0.837 bits per heavy atom. The molecule has 0 N–H and O–H groups in total. The van der Waals surface area contributed by atoms with E-state index in [1.165, 1.54) is 114 Å². The molecule has 2 heterocycles. The second-order valence-corrected chi connectivity index (χ2v) is 13.7. The number of ether oxygens (including phenoxy) is 2. The summed E-state index contributed by atoms with van der Waals surface area (Å²) in [5, 5.41) is 0. The Morgan fingerprint density at radius 2 is 1.47 bits per heavy atom. The third-order valence-electron chi connectivity index (χ3n) is 8.35. The molecular formula is C36H59NO5S. The van der Waals surface area contributed by atoms with Crippen molar-refractivity contribution in [2.24, 2.45) is 5.92 Å². The van der Waals surface area contributed by atoms with E-state index in [1.807, 2.05) is 6.92 Å². The molecule has 1 aromatic carbocycles. The predicted molar refractivity (Wildman–Crippen MR) is 174 cm³/mol. The molecule has 2 unspecified atom stereocenters. The number of pyridine rings is 1. The second kappa shape index (κ2) is 22.7. The lowest BCUT2D eigenvalue weighted by Gasteiger charge is -2.10. The van der Waals surface area contributed by atoms with Crippen molar-refractivity contribution in [3.63, 3.8) is 0 Å². The molecule has 244 valence electrons. The van der Waals surface area contributed by atoms with Crippen molar-refractivity contribution in [1.82, 2.24) is 0 Å². The van der Waals surface area contributed by atoms with Gasteiger partial charge in [-0.05, 0) is 44.2 Å². The lowest BCUT2D eigenvalue weighted by atomic mass is 9.97. The van der Waals surface area contributed by atoms with Gasteiger partial charge in [0, 0.05) is 38.7 Å². The van der Waals surface area contributed by atoms with E-state index in [-0.39, 0.29) is 4.90 Å². The maximum atomic E-state index is 10.4. The molecule has 1 aliphatic heterocycles. The van der Waals surface area contributed by atoms with Crippen molar-refractivity contribution in [3.8, 4) is 0 Å². The summed E-state index contributed by atoms with van der Waals surface area (Å²) in [6.07, 6.45) is 24.5. The average Bonchev–Trinajstić information content (AvgIpc) is 3.44. The van der Waals surface area contributed by atoms with Gasteiger partial charge in [-0.15, -0.1) is 0 Å². The van der Waals surface area contributed by atoms with Crippen LogP contribution < -0.4 is 4.57 Å². The van der Waals surface area contributed by atoms with Gasteiger partial charge in [-0.1, -0.05) is 108 Å². The summed E-state index contributed by atoms with van der Waals surface area (Å²) in [6.45, 7) is 9.96. The van der Waals surface area contributed by atoms with Crippen LogP contribution in [-0.2, 0) is 26.1 Å². The first-order valence-electron chi connectivity index (χ1n) is 17.0. The van der Waals surface area contributed by atoms with Crippen LogP contribution >= 0.6 is 0 Å². The van der Waals surface area contributed by atoms with Gasteiger partial charge in [0.25, 0.3) is 0 Å². The van der Waals surface area contributed by atoms with E-state index >= 15 is 0 Å². The van der Waals surface area contributed by atoms with Gasteiger partial charge in [-0.25, -0.2) is 13.0 Å². The smallest absolute Gasteiger partial charge is 0.178 e. The monoisotopic (exact) mass is 617 g/mol. The van der Waals surface area contributed by atoms with Gasteiger partial charge in [0.1, 0.15) is 16.7 Å². The Bertz CT molecular complexity index is 1070. The van der Waals surface area contributed by atoms with E-state index in [1.54, 1.807) is 12.1 Å². The number of hydrogen-bond acceptors (Lipinski definition) is 5. The highest BCUT2D eigenvalue weighted by molar-refractivity contribution is 7.85. The lowest BCUT2D eigenvalue weighted by molar-refractivity contribution is -0.703. The Balaban J connectivity index is 0.000000490. The Kier molecular flexibility index (Phi) is 19.7. The molecule has 0 amide bonds. The van der Waals surface area contributed by atoms with E-state index in [2.05, 4.69) is 42.8 Å². The molecule has 0 saturated carbocycles. The topological polar surface area (TPSA) is 79.5 Å². The van der Waals surface area contributed by atoms with Crippen molar-refractivity contribution in [3.05, 3.63) is 59.9 Å². The van der Waals surface area contributed by atoms with Crippen LogP contribution in [-0.4, -0.2) is 38.9 Å². The molecule has 43 heavy (non-hydrogen) atoms. The normalized spacial score (nSPS) is 16.7. The fraction of sp³-hybridized carbons (Fsp3) is 0.694. The number of unbranched alkanes of at least 4 members (excludes halogenated alkanes) is 12. The SMILES string of the molecule is CCCCCCCCCCCCCCC1COC(COCCCC[n+]2ccccc2C)C1.Cc1ccc(S(=O)(=O)[O-])cc1. The molecule has 1 aliphatic rings. The average molecular weight is 618 g/mol. The molecule has 6 nitrogen and oxygen atoms in total. The lowest BCUT2D eigenvalue weighted by Crippen LogP contribution is -2.36. The summed E-state index contributed by atoms with van der Waals surface area (Å²) in [7, 11) is -4.27. The number of aromatic nitrogens is 1. The maximum absolute atomic E-state index is 10.4. The summed E-state index contributed by atoms with van der Waals surface area (Å²) in [5.74, 6) is 0.768. The Hall–Kier alpha value is -1.80. The molecule has 1 fully saturated rings. The van der Waals surface area contributed by atoms with Gasteiger partial charge in [0.15, 0.2) is 11.9 Å². The second-order valence-electron chi connectivity index (χ2n) is 12.3. The molecular weight excluding hydrogens is 558 g/mol. The van der Waals surface area contributed by atoms with E-state index in [0.29, 0.717) is 6.10 Å². The summed E-state index contributed by atoms with van der Waals surface area (Å²) < 4.78 is 45.4. The van der Waals surface area contributed by atoms with Crippen molar-refractivity contribution in [2.45, 2.75) is 141 Å². The first-order valence-corrected chi connectivity index (χ1v) is 18.4. The summed E-state index contributed by atoms with van der Waals surface area (Å²) in [4.78, 5) is -0.178. The number of benzene rings is 1. The Morgan fingerprint density at radius 3 is 2.07 bits per heavy atom. The van der Waals surface area contributed by atoms with E-state index in [0.717, 1.165) is 44.3 Å². The number of rotatable bonds is 21. The summed E-state index contributed by atoms with van der Waals surface area (Å²) in [5.41, 5.74) is 2.25. The zero-order valence-corrected chi connectivity index (χ0v) is 28.1. The molecule has 2 aromatic rings. The minimum absolute atomic E-state index is 0.178. The zero-order chi connectivity index (χ0) is 31.2. The zero-order valence-electron chi connectivity index (χ0n) is 27.3. The van der Waals surface area contributed by atoms with E-state index in [4.69, 9.17) is 9.47 Å². The van der Waals surface area contributed by atoms with Crippen molar-refractivity contribution < 1.29 is 27.0 Å². The van der Waals surface area contributed by atoms with Gasteiger partial charge in [0.05, 0.1) is 17.6 Å². The van der Waals surface area contributed by atoms with Crippen LogP contribution in [0.15, 0.2) is 53.6 Å². The first-order chi connectivity index (χ1) is 20.8. The molecule has 0 bridgehead atoms. The van der Waals surface area contributed by atoms with Crippen LogP contribution in [0.25, 0.3) is 0 Å². The number of aryl methyl sites for hydroxylation is 3. The quantitative estimate of drug-likeness (QED) is 0.0797. The van der Waals surface area contributed by atoms with Gasteiger partial charge in [-0.2, -0.15) is 0 Å². The highest BCUT2D eigenvalue weighted by atomic mass is 32.2. The van der Waals surface area contributed by atoms with Crippen molar-refractivity contribution in [1.29, 1.82) is 0 Å². The van der Waals surface area contributed by atoms with Crippen LogP contribution in [0.2, 0.25) is 0 Å². The summed E-state index contributed by atoms with van der Waals surface area (Å²) in [6, 6.07) is 12.2. The third-order valence-corrected chi connectivity index (χ3v) is 9.20. The summed E-state index contributed by atoms with van der Waals surface area (Å²) >= 11 is 0. The fourth-order valence-electron chi connectivity index (χ4n) is 5.59. The molecule has 7 heteroatoms. The van der Waals surface area contributed by atoms with Gasteiger partial charge in [-0.3, -0.25) is 0 Å².